The first-order valence-electron chi connectivity index (χ1n) is 3.36. The number of nitrogens with one attached hydrogen (secondary N) is 1. The maximum absolute atomic E-state index is 10.7. The Bertz CT molecular complexity index is 134. The molecule has 1 N–H and O–H groups in total. The van der Waals surface area contributed by atoms with Gasteiger partial charge in [0.05, 0.1) is 0 Å². The lowest BCUT2D eigenvalue weighted by Crippen LogP contribution is -2.51. The number of thiol groups is 1. The van der Waals surface area contributed by atoms with E-state index in [2.05, 4.69) is 17.5 Å². The molecule has 0 spiro atoms. The van der Waals surface area contributed by atoms with E-state index in [1.807, 2.05) is 4.90 Å². The van der Waals surface area contributed by atoms with E-state index in [1.54, 1.807) is 6.92 Å². The summed E-state index contributed by atoms with van der Waals surface area (Å²) < 4.78 is 2.79. The number of likely N-dealkylation sites (tertiary alicyclic amines) is 1. The summed E-state index contributed by atoms with van der Waals surface area (Å²) in [6.45, 7) is 4.28. The van der Waals surface area contributed by atoms with E-state index in [4.69, 9.17) is 0 Å². The molecule has 1 heterocycles. The largest absolute Gasteiger partial charge is 0.342 e. The Morgan fingerprint density at radius 2 is 2.40 bits per heavy atom. The highest BCUT2D eigenvalue weighted by Crippen LogP contribution is 2.13. The van der Waals surface area contributed by atoms with E-state index in [1.165, 1.54) is 0 Å². The van der Waals surface area contributed by atoms with Crippen molar-refractivity contribution < 1.29 is 4.79 Å². The van der Waals surface area contributed by atoms with Gasteiger partial charge in [0.25, 0.3) is 0 Å². The van der Waals surface area contributed by atoms with E-state index in [0.717, 1.165) is 19.6 Å². The Morgan fingerprint density at radius 1 is 1.80 bits per heavy atom. The highest BCUT2D eigenvalue weighted by Gasteiger charge is 2.27. The van der Waals surface area contributed by atoms with Crippen molar-refractivity contribution in [1.82, 2.24) is 9.62 Å². The van der Waals surface area contributed by atoms with Crippen molar-refractivity contribution in [3.63, 3.8) is 0 Å². The van der Waals surface area contributed by atoms with Crippen molar-refractivity contribution in [2.45, 2.75) is 6.92 Å². The van der Waals surface area contributed by atoms with E-state index in [0.29, 0.717) is 5.92 Å². The van der Waals surface area contributed by atoms with Crippen LogP contribution in [-0.2, 0) is 4.79 Å². The van der Waals surface area contributed by atoms with Gasteiger partial charge >= 0.3 is 0 Å². The van der Waals surface area contributed by atoms with Crippen LogP contribution in [0.2, 0.25) is 0 Å². The molecule has 1 rings (SSSR count). The molecular weight excluding hydrogens is 148 g/mol. The van der Waals surface area contributed by atoms with Gasteiger partial charge in [0.2, 0.25) is 5.91 Å². The standard InChI is InChI=1S/C6H12N2OS/c1-5(9)8-3-6(4-8)2-7-10/h6-7,10H,2-4H2,1H3. The van der Waals surface area contributed by atoms with E-state index < -0.39 is 0 Å². The molecule has 0 radical (unpaired) electrons. The quantitative estimate of drug-likeness (QED) is 0.553. The fraction of sp³-hybridized carbons (Fsp3) is 0.833. The Balaban J connectivity index is 2.12. The van der Waals surface area contributed by atoms with Gasteiger partial charge in [0.15, 0.2) is 0 Å². The molecular formula is C6H12N2OS. The number of amides is 1. The highest BCUT2D eigenvalue weighted by atomic mass is 32.1. The molecule has 0 unspecified atom stereocenters. The summed E-state index contributed by atoms with van der Waals surface area (Å²) >= 11 is 3.88. The first-order chi connectivity index (χ1) is 4.74. The number of carbonyl (C=O) groups is 1. The van der Waals surface area contributed by atoms with E-state index >= 15 is 0 Å². The molecule has 3 nitrogen and oxygen atoms in total. The predicted molar refractivity (Wildman–Crippen MR) is 42.7 cm³/mol. The number of hydrogen-bond donors (Lipinski definition) is 2. The zero-order chi connectivity index (χ0) is 7.56. The topological polar surface area (TPSA) is 32.3 Å². The minimum absolute atomic E-state index is 0.176. The fourth-order valence-corrected chi connectivity index (χ4v) is 1.34. The minimum atomic E-state index is 0.176. The molecule has 0 saturated carbocycles. The van der Waals surface area contributed by atoms with Crippen LogP contribution in [0.25, 0.3) is 0 Å². The fourth-order valence-electron chi connectivity index (χ4n) is 1.09. The summed E-state index contributed by atoms with van der Waals surface area (Å²) in [6, 6.07) is 0. The zero-order valence-corrected chi connectivity index (χ0v) is 6.90. The predicted octanol–water partition coefficient (Wildman–Crippen LogP) is -0.101. The van der Waals surface area contributed by atoms with Crippen molar-refractivity contribution in [3.8, 4) is 0 Å². The van der Waals surface area contributed by atoms with Gasteiger partial charge < -0.3 is 4.90 Å². The van der Waals surface area contributed by atoms with Gasteiger partial charge in [-0.2, -0.15) is 0 Å². The second kappa shape index (κ2) is 3.25. The van der Waals surface area contributed by atoms with Crippen LogP contribution in [0, 0.1) is 5.92 Å². The van der Waals surface area contributed by atoms with Crippen LogP contribution in [0.5, 0.6) is 0 Å². The third kappa shape index (κ3) is 1.64. The van der Waals surface area contributed by atoms with Crippen molar-refractivity contribution in [1.29, 1.82) is 0 Å². The summed E-state index contributed by atoms with van der Waals surface area (Å²) in [5, 5.41) is 0. The second-order valence-electron chi connectivity index (χ2n) is 2.65. The Kier molecular flexibility index (Phi) is 2.56. The zero-order valence-electron chi connectivity index (χ0n) is 6.00. The second-order valence-corrected chi connectivity index (χ2v) is 2.97. The number of hydrogen-bond acceptors (Lipinski definition) is 3. The molecule has 0 aromatic rings. The van der Waals surface area contributed by atoms with Gasteiger partial charge in [-0.1, -0.05) is 12.8 Å². The molecule has 58 valence electrons. The number of nitrogens with zero attached hydrogens (tertiary/aromatic N) is 1. The molecule has 0 aromatic heterocycles. The maximum atomic E-state index is 10.7. The summed E-state index contributed by atoms with van der Waals surface area (Å²) in [5.74, 6) is 0.789. The van der Waals surface area contributed by atoms with Gasteiger partial charge in [0.1, 0.15) is 0 Å². The monoisotopic (exact) mass is 160 g/mol. The summed E-state index contributed by atoms with van der Waals surface area (Å²) in [6.07, 6.45) is 0. The molecule has 0 bridgehead atoms. The highest BCUT2D eigenvalue weighted by molar-refractivity contribution is 7.78. The lowest BCUT2D eigenvalue weighted by Gasteiger charge is -2.38. The molecule has 0 aliphatic carbocycles. The van der Waals surface area contributed by atoms with Gasteiger partial charge in [-0.25, -0.2) is 0 Å². The van der Waals surface area contributed by atoms with Crippen LogP contribution in [0.4, 0.5) is 0 Å². The van der Waals surface area contributed by atoms with Crippen molar-refractivity contribution in [2.24, 2.45) is 5.92 Å². The van der Waals surface area contributed by atoms with Crippen LogP contribution >= 0.6 is 12.8 Å². The number of rotatable bonds is 2. The first-order valence-corrected chi connectivity index (χ1v) is 3.81. The van der Waals surface area contributed by atoms with Crippen molar-refractivity contribution >= 4 is 18.7 Å². The Hall–Kier alpha value is -0.220. The summed E-state index contributed by atoms with van der Waals surface area (Å²) in [7, 11) is 0. The lowest BCUT2D eigenvalue weighted by molar-refractivity contribution is -0.134. The molecule has 4 heteroatoms. The van der Waals surface area contributed by atoms with Crippen LogP contribution in [0.15, 0.2) is 0 Å². The maximum Gasteiger partial charge on any atom is 0.219 e. The van der Waals surface area contributed by atoms with Crippen molar-refractivity contribution in [2.75, 3.05) is 19.6 Å². The molecule has 1 amide bonds. The van der Waals surface area contributed by atoms with E-state index in [-0.39, 0.29) is 5.91 Å². The molecule has 1 saturated heterocycles. The van der Waals surface area contributed by atoms with Gasteiger partial charge in [-0.3, -0.25) is 9.52 Å². The van der Waals surface area contributed by atoms with Crippen LogP contribution in [0.3, 0.4) is 0 Å². The van der Waals surface area contributed by atoms with E-state index in [9.17, 15) is 4.79 Å². The first kappa shape index (κ1) is 7.88. The molecule has 0 atom stereocenters. The summed E-state index contributed by atoms with van der Waals surface area (Å²) in [4.78, 5) is 12.5. The normalized spacial score (nSPS) is 18.8. The molecule has 1 fully saturated rings. The SMILES string of the molecule is CC(=O)N1CC(CNS)C1. The molecule has 1 aliphatic rings. The number of carbonyl (C=O) groups excluding carboxylic acids is 1. The molecule has 1 aliphatic heterocycles. The average Bonchev–Trinajstić information content (AvgIpc) is 1.76. The van der Waals surface area contributed by atoms with Gasteiger partial charge in [-0.05, 0) is 0 Å². The van der Waals surface area contributed by atoms with Crippen LogP contribution in [0.1, 0.15) is 6.92 Å². The molecule has 0 aromatic carbocycles. The van der Waals surface area contributed by atoms with Gasteiger partial charge in [0, 0.05) is 32.5 Å². The Labute approximate surface area is 66.3 Å². The lowest BCUT2D eigenvalue weighted by atomic mass is 10.0. The van der Waals surface area contributed by atoms with Crippen LogP contribution < -0.4 is 4.72 Å². The third-order valence-electron chi connectivity index (χ3n) is 1.78. The van der Waals surface area contributed by atoms with Crippen molar-refractivity contribution in [3.05, 3.63) is 0 Å². The smallest absolute Gasteiger partial charge is 0.219 e. The molecule has 10 heavy (non-hydrogen) atoms. The third-order valence-corrected chi connectivity index (χ3v) is 1.97. The van der Waals surface area contributed by atoms with Crippen LogP contribution in [-0.4, -0.2) is 30.4 Å². The average molecular weight is 160 g/mol. The summed E-state index contributed by atoms with van der Waals surface area (Å²) in [5.41, 5.74) is 0. The minimum Gasteiger partial charge on any atom is -0.342 e. The van der Waals surface area contributed by atoms with Gasteiger partial charge in [-0.15, -0.1) is 0 Å². The Morgan fingerprint density at radius 3 is 2.80 bits per heavy atom.